The summed E-state index contributed by atoms with van der Waals surface area (Å²) in [5.74, 6) is 0.753. The molecular weight excluding hydrogens is 193 g/mol. The number of likely N-dealkylation sites (N-methyl/N-ethyl adjacent to an activating group) is 1. The van der Waals surface area contributed by atoms with Gasteiger partial charge in [0.15, 0.2) is 0 Å². The third kappa shape index (κ3) is 11.7. The van der Waals surface area contributed by atoms with Gasteiger partial charge in [-0.2, -0.15) is 0 Å². The molecule has 0 aliphatic carbocycles. The maximum Gasteiger partial charge on any atom is 0.352 e. The lowest BCUT2D eigenvalue weighted by Crippen LogP contribution is -2.37. The van der Waals surface area contributed by atoms with E-state index in [9.17, 15) is 4.57 Å². The Bertz CT molecular complexity index is 215. The number of quaternary nitrogens is 1. The molecular formula is C7H17NO4P+. The first kappa shape index (κ1) is 12.7. The molecule has 0 aromatic rings. The van der Waals surface area contributed by atoms with E-state index >= 15 is 0 Å². The van der Waals surface area contributed by atoms with Gasteiger partial charge in [0.1, 0.15) is 13.2 Å². The molecule has 0 aromatic carbocycles. The molecule has 0 rings (SSSR count). The second kappa shape index (κ2) is 4.77. The van der Waals surface area contributed by atoms with E-state index in [-0.39, 0.29) is 0 Å². The summed E-state index contributed by atoms with van der Waals surface area (Å²) in [4.78, 5) is 16.8. The SMILES string of the molecule is C[N+](C)(C)CCOC=CP(=O)(O)O. The fraction of sp³-hybridized carbons (Fsp3) is 0.714. The summed E-state index contributed by atoms with van der Waals surface area (Å²) in [5.41, 5.74) is 0. The van der Waals surface area contributed by atoms with Crippen molar-refractivity contribution in [2.45, 2.75) is 0 Å². The lowest BCUT2D eigenvalue weighted by atomic mass is 10.5. The van der Waals surface area contributed by atoms with Crippen molar-refractivity contribution in [3.63, 3.8) is 0 Å². The average molecular weight is 210 g/mol. The molecule has 0 fully saturated rings. The Hall–Kier alpha value is -0.350. The van der Waals surface area contributed by atoms with Gasteiger partial charge in [0.2, 0.25) is 0 Å². The fourth-order valence-electron chi connectivity index (χ4n) is 0.517. The van der Waals surface area contributed by atoms with Crippen LogP contribution in [0.4, 0.5) is 0 Å². The summed E-state index contributed by atoms with van der Waals surface area (Å²) < 4.78 is 16.0. The maximum absolute atomic E-state index is 10.3. The van der Waals surface area contributed by atoms with Gasteiger partial charge < -0.3 is 19.0 Å². The lowest BCUT2D eigenvalue weighted by Gasteiger charge is -2.23. The van der Waals surface area contributed by atoms with Crippen molar-refractivity contribution < 1.29 is 23.6 Å². The number of ether oxygens (including phenoxy) is 1. The minimum absolute atomic E-state index is 0.444. The predicted octanol–water partition coefficient (Wildman–Crippen LogP) is 0.358. The molecule has 0 radical (unpaired) electrons. The molecule has 0 atom stereocenters. The van der Waals surface area contributed by atoms with Gasteiger partial charge in [0.25, 0.3) is 0 Å². The Labute approximate surface area is 78.4 Å². The Morgan fingerprint density at radius 2 is 1.92 bits per heavy atom. The number of hydrogen-bond donors (Lipinski definition) is 2. The van der Waals surface area contributed by atoms with Crippen molar-refractivity contribution in [1.29, 1.82) is 0 Å². The Morgan fingerprint density at radius 1 is 1.38 bits per heavy atom. The average Bonchev–Trinajstić information content (AvgIpc) is 1.81. The quantitative estimate of drug-likeness (QED) is 0.297. The minimum Gasteiger partial charge on any atom is -0.495 e. The number of nitrogens with zero attached hydrogens (tertiary/aromatic N) is 1. The topological polar surface area (TPSA) is 66.8 Å². The molecule has 0 spiro atoms. The van der Waals surface area contributed by atoms with Gasteiger partial charge in [0, 0.05) is 0 Å². The second-order valence-electron chi connectivity index (χ2n) is 3.76. The molecule has 0 saturated heterocycles. The van der Waals surface area contributed by atoms with Gasteiger partial charge in [0.05, 0.1) is 33.2 Å². The zero-order valence-corrected chi connectivity index (χ0v) is 9.07. The van der Waals surface area contributed by atoms with Crippen LogP contribution in [0.3, 0.4) is 0 Å². The molecule has 0 unspecified atom stereocenters. The van der Waals surface area contributed by atoms with Gasteiger partial charge >= 0.3 is 7.60 Å². The second-order valence-corrected chi connectivity index (χ2v) is 5.24. The summed E-state index contributed by atoms with van der Waals surface area (Å²) >= 11 is 0. The zero-order valence-electron chi connectivity index (χ0n) is 8.17. The molecule has 78 valence electrons. The van der Waals surface area contributed by atoms with E-state index in [2.05, 4.69) is 0 Å². The molecule has 0 bridgehead atoms. The summed E-state index contributed by atoms with van der Waals surface area (Å²) in [6.45, 7) is 1.23. The van der Waals surface area contributed by atoms with Crippen LogP contribution in [0.25, 0.3) is 0 Å². The summed E-state index contributed by atoms with van der Waals surface area (Å²) in [6, 6.07) is 0. The first-order valence-electron chi connectivity index (χ1n) is 3.86. The van der Waals surface area contributed by atoms with Crippen LogP contribution in [-0.2, 0) is 9.30 Å². The minimum atomic E-state index is -4.06. The van der Waals surface area contributed by atoms with Crippen molar-refractivity contribution in [1.82, 2.24) is 0 Å². The van der Waals surface area contributed by atoms with Gasteiger partial charge in [-0.05, 0) is 0 Å². The molecule has 6 heteroatoms. The Morgan fingerprint density at radius 3 is 2.31 bits per heavy atom. The van der Waals surface area contributed by atoms with E-state index in [1.54, 1.807) is 0 Å². The highest BCUT2D eigenvalue weighted by atomic mass is 31.2. The molecule has 5 nitrogen and oxygen atoms in total. The molecule has 0 aliphatic heterocycles. The van der Waals surface area contributed by atoms with Crippen molar-refractivity contribution in [3.05, 3.63) is 12.1 Å². The normalized spacial score (nSPS) is 13.6. The van der Waals surface area contributed by atoms with Crippen molar-refractivity contribution in [2.24, 2.45) is 0 Å². The Kier molecular flexibility index (Phi) is 4.64. The van der Waals surface area contributed by atoms with E-state index in [1.165, 1.54) is 0 Å². The molecule has 0 aromatic heterocycles. The van der Waals surface area contributed by atoms with Crippen molar-refractivity contribution >= 4 is 7.60 Å². The lowest BCUT2D eigenvalue weighted by molar-refractivity contribution is -0.870. The van der Waals surface area contributed by atoms with E-state index in [0.29, 0.717) is 6.61 Å². The van der Waals surface area contributed by atoms with Crippen LogP contribution < -0.4 is 0 Å². The highest BCUT2D eigenvalue weighted by Gasteiger charge is 2.07. The van der Waals surface area contributed by atoms with Crippen LogP contribution in [0.15, 0.2) is 12.1 Å². The first-order chi connectivity index (χ1) is 5.71. The molecule has 13 heavy (non-hydrogen) atoms. The van der Waals surface area contributed by atoms with Crippen molar-refractivity contribution in [2.75, 3.05) is 34.3 Å². The monoisotopic (exact) mass is 210 g/mol. The van der Waals surface area contributed by atoms with Crippen LogP contribution in [0.5, 0.6) is 0 Å². The third-order valence-electron chi connectivity index (χ3n) is 1.23. The smallest absolute Gasteiger partial charge is 0.352 e. The third-order valence-corrected chi connectivity index (χ3v) is 1.74. The molecule has 2 N–H and O–H groups in total. The highest BCUT2D eigenvalue weighted by Crippen LogP contribution is 2.35. The van der Waals surface area contributed by atoms with Gasteiger partial charge in [-0.3, -0.25) is 4.57 Å². The van der Waals surface area contributed by atoms with E-state index in [1.807, 2.05) is 21.1 Å². The summed E-state index contributed by atoms with van der Waals surface area (Å²) in [5, 5.41) is 0. The van der Waals surface area contributed by atoms with Crippen LogP contribution in [-0.4, -0.2) is 48.6 Å². The number of rotatable bonds is 5. The summed E-state index contributed by atoms with van der Waals surface area (Å²) in [6.07, 6.45) is 1.05. The van der Waals surface area contributed by atoms with Crippen molar-refractivity contribution in [3.8, 4) is 0 Å². The largest absolute Gasteiger partial charge is 0.495 e. The first-order valence-corrected chi connectivity index (χ1v) is 5.54. The standard InChI is InChI=1S/C7H16NO4P/c1-8(2,3)4-5-12-6-7-13(9,10)11/h6-7H,4-5H2,1-3H3,(H-,9,10,11)/p+1. The van der Waals surface area contributed by atoms with E-state index in [4.69, 9.17) is 14.5 Å². The summed E-state index contributed by atoms with van der Waals surface area (Å²) in [7, 11) is 1.97. The van der Waals surface area contributed by atoms with Gasteiger partial charge in [-0.15, -0.1) is 0 Å². The molecule has 0 heterocycles. The van der Waals surface area contributed by atoms with Gasteiger partial charge in [-0.1, -0.05) is 0 Å². The number of hydrogen-bond acceptors (Lipinski definition) is 2. The zero-order chi connectivity index (χ0) is 10.5. The Balaban J connectivity index is 3.59. The predicted molar refractivity (Wildman–Crippen MR) is 50.0 cm³/mol. The van der Waals surface area contributed by atoms with Crippen LogP contribution in [0.1, 0.15) is 0 Å². The van der Waals surface area contributed by atoms with Gasteiger partial charge in [-0.25, -0.2) is 0 Å². The molecule has 0 saturated carbocycles. The maximum atomic E-state index is 10.3. The van der Waals surface area contributed by atoms with E-state index in [0.717, 1.165) is 23.1 Å². The molecule has 0 aliphatic rings. The van der Waals surface area contributed by atoms with E-state index < -0.39 is 7.60 Å². The molecule has 0 amide bonds. The van der Waals surface area contributed by atoms with Crippen LogP contribution in [0.2, 0.25) is 0 Å². The van der Waals surface area contributed by atoms with Crippen LogP contribution >= 0.6 is 7.60 Å². The highest BCUT2D eigenvalue weighted by molar-refractivity contribution is 7.55. The van der Waals surface area contributed by atoms with Crippen LogP contribution in [0, 0.1) is 0 Å². The fourth-order valence-corrected chi connectivity index (χ4v) is 0.762.